The Morgan fingerprint density at radius 3 is 2.58 bits per heavy atom. The van der Waals surface area contributed by atoms with E-state index < -0.39 is 10.0 Å². The van der Waals surface area contributed by atoms with Crippen molar-refractivity contribution in [1.82, 2.24) is 19.6 Å². The molecule has 3 N–H and O–H groups in total. The van der Waals surface area contributed by atoms with Gasteiger partial charge in [0.15, 0.2) is 0 Å². The Kier molecular flexibility index (Phi) is 5.81. The maximum atomic E-state index is 12.7. The zero-order chi connectivity index (χ0) is 18.7. The maximum absolute atomic E-state index is 12.7. The fourth-order valence-corrected chi connectivity index (χ4v) is 4.41. The van der Waals surface area contributed by atoms with Gasteiger partial charge in [0.1, 0.15) is 0 Å². The summed E-state index contributed by atoms with van der Waals surface area (Å²) in [6.45, 7) is 7.61. The minimum atomic E-state index is -3.66. The van der Waals surface area contributed by atoms with E-state index in [1.807, 2.05) is 0 Å². The molecule has 0 bridgehead atoms. The van der Waals surface area contributed by atoms with E-state index in [-0.39, 0.29) is 16.6 Å². The number of H-pyrrole nitrogens is 2. The molecule has 144 valence electrons. The molecule has 8 nitrogen and oxygen atoms in total. The summed E-state index contributed by atoms with van der Waals surface area (Å²) in [6.07, 6.45) is 0.909. The number of nitrogens with zero attached hydrogens (tertiary/aromatic N) is 1. The van der Waals surface area contributed by atoms with Gasteiger partial charge >= 0.3 is 5.69 Å². The van der Waals surface area contributed by atoms with E-state index in [4.69, 9.17) is 4.74 Å². The van der Waals surface area contributed by atoms with Crippen molar-refractivity contribution < 1.29 is 13.2 Å². The molecule has 1 aromatic heterocycles. The molecule has 0 spiro atoms. The van der Waals surface area contributed by atoms with Gasteiger partial charge < -0.3 is 14.7 Å². The van der Waals surface area contributed by atoms with Gasteiger partial charge in [-0.2, -0.15) is 0 Å². The fraction of sp³-hybridized carbons (Fsp3) is 0.588. The van der Waals surface area contributed by atoms with Gasteiger partial charge in [0.25, 0.3) is 0 Å². The molecule has 0 unspecified atom stereocenters. The summed E-state index contributed by atoms with van der Waals surface area (Å²) in [5.41, 5.74) is 0.705. The van der Waals surface area contributed by atoms with Crippen molar-refractivity contribution in [3.8, 4) is 0 Å². The van der Waals surface area contributed by atoms with Crippen molar-refractivity contribution in [3.63, 3.8) is 0 Å². The Bertz CT molecular complexity index is 897. The molecule has 0 amide bonds. The van der Waals surface area contributed by atoms with Crippen LogP contribution < -0.4 is 10.4 Å². The first kappa shape index (κ1) is 19.1. The first-order valence-corrected chi connectivity index (χ1v) is 10.4. The zero-order valence-corrected chi connectivity index (χ0v) is 15.9. The van der Waals surface area contributed by atoms with E-state index >= 15 is 0 Å². The minimum Gasteiger partial charge on any atom is -0.379 e. The molecule has 9 heteroatoms. The number of aromatic amines is 2. The number of imidazole rings is 1. The Morgan fingerprint density at radius 2 is 1.88 bits per heavy atom. The van der Waals surface area contributed by atoms with E-state index in [1.54, 1.807) is 6.07 Å². The molecule has 2 heterocycles. The van der Waals surface area contributed by atoms with Crippen LogP contribution in [0.3, 0.4) is 0 Å². The highest BCUT2D eigenvalue weighted by Crippen LogP contribution is 2.17. The van der Waals surface area contributed by atoms with Crippen LogP contribution in [-0.2, 0) is 14.8 Å². The van der Waals surface area contributed by atoms with Crippen molar-refractivity contribution in [2.45, 2.75) is 31.2 Å². The zero-order valence-electron chi connectivity index (χ0n) is 15.1. The lowest BCUT2D eigenvalue weighted by atomic mass is 10.0. The second-order valence-corrected chi connectivity index (χ2v) is 8.84. The normalized spacial score (nSPS) is 17.8. The highest BCUT2D eigenvalue weighted by Gasteiger charge is 2.24. The summed E-state index contributed by atoms with van der Waals surface area (Å²) in [6, 6.07) is 4.70. The molecule has 1 aromatic carbocycles. The number of rotatable bonds is 7. The number of benzene rings is 1. The van der Waals surface area contributed by atoms with E-state index in [9.17, 15) is 13.2 Å². The van der Waals surface area contributed by atoms with Gasteiger partial charge in [0.05, 0.1) is 29.1 Å². The van der Waals surface area contributed by atoms with Gasteiger partial charge in [-0.05, 0) is 30.5 Å². The van der Waals surface area contributed by atoms with E-state index in [1.165, 1.54) is 12.1 Å². The van der Waals surface area contributed by atoms with Crippen LogP contribution in [0.1, 0.15) is 20.3 Å². The number of morpholine rings is 1. The molecule has 0 saturated carbocycles. The first-order valence-electron chi connectivity index (χ1n) is 8.88. The van der Waals surface area contributed by atoms with Crippen LogP contribution in [0.5, 0.6) is 0 Å². The lowest BCUT2D eigenvalue weighted by Gasteiger charge is -2.35. The Balaban J connectivity index is 1.74. The Morgan fingerprint density at radius 1 is 1.19 bits per heavy atom. The molecule has 0 radical (unpaired) electrons. The average Bonchev–Trinajstić information content (AvgIpc) is 2.98. The van der Waals surface area contributed by atoms with Crippen LogP contribution in [0.2, 0.25) is 0 Å². The molecule has 0 aliphatic carbocycles. The number of hydrogen-bond donors (Lipinski definition) is 3. The molecular weight excluding hydrogens is 356 g/mol. The third-order valence-electron chi connectivity index (χ3n) is 4.61. The minimum absolute atomic E-state index is 0.129. The molecular formula is C17H26N4O4S. The summed E-state index contributed by atoms with van der Waals surface area (Å²) < 4.78 is 33.5. The fourth-order valence-electron chi connectivity index (χ4n) is 3.32. The van der Waals surface area contributed by atoms with Crippen molar-refractivity contribution in [2.24, 2.45) is 5.92 Å². The highest BCUT2D eigenvalue weighted by molar-refractivity contribution is 7.89. The molecule has 2 aromatic rings. The highest BCUT2D eigenvalue weighted by atomic mass is 32.2. The van der Waals surface area contributed by atoms with Crippen LogP contribution in [0, 0.1) is 5.92 Å². The van der Waals surface area contributed by atoms with Crippen LogP contribution in [-0.4, -0.2) is 62.2 Å². The lowest BCUT2D eigenvalue weighted by Crippen LogP contribution is -2.49. The summed E-state index contributed by atoms with van der Waals surface area (Å²) >= 11 is 0. The second kappa shape index (κ2) is 7.91. The van der Waals surface area contributed by atoms with E-state index in [2.05, 4.69) is 33.4 Å². The second-order valence-electron chi connectivity index (χ2n) is 7.07. The van der Waals surface area contributed by atoms with Crippen molar-refractivity contribution >= 4 is 21.1 Å². The van der Waals surface area contributed by atoms with Crippen LogP contribution in [0.25, 0.3) is 11.0 Å². The quantitative estimate of drug-likeness (QED) is 0.659. The van der Waals surface area contributed by atoms with Gasteiger partial charge in [-0.25, -0.2) is 17.9 Å². The van der Waals surface area contributed by atoms with Gasteiger partial charge in [-0.15, -0.1) is 0 Å². The maximum Gasteiger partial charge on any atom is 0.323 e. The third kappa shape index (κ3) is 4.53. The number of sulfonamides is 1. The van der Waals surface area contributed by atoms with Crippen LogP contribution in [0.4, 0.5) is 0 Å². The number of fused-ring (bicyclic) bond motifs is 1. The SMILES string of the molecule is CC(C)C[C@H](CNS(=O)(=O)c1ccc2[nH]c(=O)[nH]c2c1)N1CCOCC1. The summed E-state index contributed by atoms with van der Waals surface area (Å²) in [5.74, 6) is 0.466. The van der Waals surface area contributed by atoms with Gasteiger partial charge in [-0.1, -0.05) is 13.8 Å². The van der Waals surface area contributed by atoms with Crippen LogP contribution >= 0.6 is 0 Å². The van der Waals surface area contributed by atoms with Crippen molar-refractivity contribution in [3.05, 3.63) is 28.7 Å². The Labute approximate surface area is 153 Å². The summed E-state index contributed by atoms with van der Waals surface area (Å²) in [7, 11) is -3.66. The monoisotopic (exact) mass is 382 g/mol. The smallest absolute Gasteiger partial charge is 0.323 e. The van der Waals surface area contributed by atoms with E-state index in [0.29, 0.717) is 36.7 Å². The number of aromatic nitrogens is 2. The molecule has 1 aliphatic rings. The third-order valence-corrected chi connectivity index (χ3v) is 6.03. The predicted octanol–water partition coefficient (Wildman–Crippen LogP) is 0.881. The number of ether oxygens (including phenoxy) is 1. The topological polar surface area (TPSA) is 107 Å². The molecule has 3 rings (SSSR count). The van der Waals surface area contributed by atoms with Gasteiger partial charge in [-0.3, -0.25) is 4.90 Å². The molecule has 1 atom stereocenters. The number of hydrogen-bond acceptors (Lipinski definition) is 5. The standard InChI is InChI=1S/C17H26N4O4S/c1-12(2)9-13(21-5-7-25-8-6-21)11-18-26(23,24)14-3-4-15-16(10-14)20-17(22)19-15/h3-4,10,12-13,18H,5-9,11H2,1-2H3,(H2,19,20,22)/t13-/m1/s1. The van der Waals surface area contributed by atoms with Crippen LogP contribution in [0.15, 0.2) is 27.9 Å². The molecule has 1 saturated heterocycles. The van der Waals surface area contributed by atoms with Gasteiger partial charge in [0.2, 0.25) is 10.0 Å². The van der Waals surface area contributed by atoms with Gasteiger partial charge in [0, 0.05) is 25.7 Å². The average molecular weight is 382 g/mol. The van der Waals surface area contributed by atoms with Crippen molar-refractivity contribution in [1.29, 1.82) is 0 Å². The Hall–Kier alpha value is -1.68. The van der Waals surface area contributed by atoms with Crippen molar-refractivity contribution in [2.75, 3.05) is 32.8 Å². The summed E-state index contributed by atoms with van der Waals surface area (Å²) in [5, 5.41) is 0. The lowest BCUT2D eigenvalue weighted by molar-refractivity contribution is 0.0134. The molecule has 1 fully saturated rings. The summed E-state index contributed by atoms with van der Waals surface area (Å²) in [4.78, 5) is 19.0. The predicted molar refractivity (Wildman–Crippen MR) is 99.7 cm³/mol. The van der Waals surface area contributed by atoms with E-state index in [0.717, 1.165) is 19.5 Å². The molecule has 1 aliphatic heterocycles. The largest absolute Gasteiger partial charge is 0.379 e. The first-order chi connectivity index (χ1) is 12.3. The number of nitrogens with one attached hydrogen (secondary N) is 3. The molecule has 26 heavy (non-hydrogen) atoms.